The first-order valence-corrected chi connectivity index (χ1v) is 9.88. The highest BCUT2D eigenvalue weighted by Gasteiger charge is 2.23. The zero-order valence-corrected chi connectivity index (χ0v) is 16.0. The van der Waals surface area contributed by atoms with E-state index in [2.05, 4.69) is 33.7 Å². The van der Waals surface area contributed by atoms with Gasteiger partial charge in [-0.3, -0.25) is 4.79 Å². The zero-order chi connectivity index (χ0) is 19.8. The Labute approximate surface area is 168 Å². The maximum absolute atomic E-state index is 11.8. The Bertz CT molecular complexity index is 1230. The quantitative estimate of drug-likeness (QED) is 0.449. The third-order valence-electron chi connectivity index (χ3n) is 5.66. The SMILES string of the molecule is C=CC(=O)CC1CCC=C(c2ncnc3[nH]cc(-c4cc5ccccc5o4)c23)C1. The van der Waals surface area contributed by atoms with Crippen molar-refractivity contribution < 1.29 is 9.21 Å². The number of para-hydroxylation sites is 1. The van der Waals surface area contributed by atoms with Crippen LogP contribution in [0.25, 0.3) is 38.9 Å². The van der Waals surface area contributed by atoms with Crippen LogP contribution < -0.4 is 0 Å². The lowest BCUT2D eigenvalue weighted by molar-refractivity contribution is -0.115. The summed E-state index contributed by atoms with van der Waals surface area (Å²) in [4.78, 5) is 24.1. The molecule has 0 spiro atoms. The Morgan fingerprint density at radius 2 is 2.21 bits per heavy atom. The molecule has 0 aliphatic heterocycles. The number of H-pyrrole nitrogens is 1. The van der Waals surface area contributed by atoms with E-state index in [-0.39, 0.29) is 5.78 Å². The molecule has 0 amide bonds. The molecule has 29 heavy (non-hydrogen) atoms. The Morgan fingerprint density at radius 1 is 1.31 bits per heavy atom. The van der Waals surface area contributed by atoms with Crippen molar-refractivity contribution in [1.29, 1.82) is 0 Å². The van der Waals surface area contributed by atoms with Crippen LogP contribution in [-0.4, -0.2) is 20.7 Å². The first-order valence-electron chi connectivity index (χ1n) is 9.88. The van der Waals surface area contributed by atoms with Gasteiger partial charge in [-0.2, -0.15) is 0 Å². The maximum atomic E-state index is 11.8. The van der Waals surface area contributed by atoms with Crippen molar-refractivity contribution >= 4 is 33.4 Å². The van der Waals surface area contributed by atoms with Gasteiger partial charge in [0.2, 0.25) is 0 Å². The highest BCUT2D eigenvalue weighted by Crippen LogP contribution is 2.39. The average Bonchev–Trinajstić information content (AvgIpc) is 3.37. The lowest BCUT2D eigenvalue weighted by Gasteiger charge is -2.22. The molecule has 1 atom stereocenters. The summed E-state index contributed by atoms with van der Waals surface area (Å²) in [5.74, 6) is 1.22. The van der Waals surface area contributed by atoms with Crippen LogP contribution in [0, 0.1) is 5.92 Å². The molecule has 1 aliphatic carbocycles. The van der Waals surface area contributed by atoms with Gasteiger partial charge in [0.05, 0.1) is 11.1 Å². The molecule has 4 aromatic rings. The molecule has 1 unspecified atom stereocenters. The third kappa shape index (κ3) is 3.18. The Morgan fingerprint density at radius 3 is 3.07 bits per heavy atom. The second kappa shape index (κ2) is 7.17. The molecule has 5 heteroatoms. The third-order valence-corrected chi connectivity index (χ3v) is 5.66. The minimum Gasteiger partial charge on any atom is -0.456 e. The second-order valence-corrected chi connectivity index (χ2v) is 7.55. The van der Waals surface area contributed by atoms with E-state index < -0.39 is 0 Å². The fourth-order valence-corrected chi connectivity index (χ4v) is 4.24. The summed E-state index contributed by atoms with van der Waals surface area (Å²) in [6.07, 6.45) is 10.5. The van der Waals surface area contributed by atoms with E-state index in [0.29, 0.717) is 12.3 Å². The number of hydrogen-bond donors (Lipinski definition) is 1. The molecular formula is C24H21N3O2. The summed E-state index contributed by atoms with van der Waals surface area (Å²) in [5, 5.41) is 2.03. The number of rotatable bonds is 5. The van der Waals surface area contributed by atoms with Crippen LogP contribution in [0.1, 0.15) is 31.4 Å². The van der Waals surface area contributed by atoms with Crippen LogP contribution in [0.4, 0.5) is 0 Å². The number of nitrogens with zero attached hydrogens (tertiary/aromatic N) is 2. The average molecular weight is 383 g/mol. The molecule has 0 bridgehead atoms. The van der Waals surface area contributed by atoms with E-state index in [4.69, 9.17) is 4.42 Å². The minimum atomic E-state index is 0.105. The van der Waals surface area contributed by atoms with Gasteiger partial charge < -0.3 is 9.40 Å². The van der Waals surface area contributed by atoms with Gasteiger partial charge in [0.1, 0.15) is 23.3 Å². The van der Waals surface area contributed by atoms with E-state index in [9.17, 15) is 4.79 Å². The number of carbonyl (C=O) groups excluding carboxylic acids is 1. The zero-order valence-electron chi connectivity index (χ0n) is 16.0. The number of allylic oxidation sites excluding steroid dienone is 3. The number of hydrogen-bond acceptors (Lipinski definition) is 4. The van der Waals surface area contributed by atoms with Crippen molar-refractivity contribution in [3.63, 3.8) is 0 Å². The van der Waals surface area contributed by atoms with Gasteiger partial charge in [-0.05, 0) is 49.0 Å². The smallest absolute Gasteiger partial charge is 0.155 e. The topological polar surface area (TPSA) is 71.8 Å². The van der Waals surface area contributed by atoms with Crippen LogP contribution >= 0.6 is 0 Å². The predicted molar refractivity (Wildman–Crippen MR) is 114 cm³/mol. The molecule has 5 rings (SSSR count). The van der Waals surface area contributed by atoms with E-state index in [1.54, 1.807) is 6.33 Å². The summed E-state index contributed by atoms with van der Waals surface area (Å²) in [7, 11) is 0. The summed E-state index contributed by atoms with van der Waals surface area (Å²) in [6.45, 7) is 3.60. The molecule has 5 nitrogen and oxygen atoms in total. The van der Waals surface area contributed by atoms with Crippen molar-refractivity contribution in [3.05, 3.63) is 67.3 Å². The van der Waals surface area contributed by atoms with Crippen LogP contribution in [0.2, 0.25) is 0 Å². The number of carbonyl (C=O) groups is 1. The molecule has 1 aromatic carbocycles. The monoisotopic (exact) mass is 383 g/mol. The number of aromatic nitrogens is 3. The number of furan rings is 1. The highest BCUT2D eigenvalue weighted by molar-refractivity contribution is 6.01. The number of aromatic amines is 1. The minimum absolute atomic E-state index is 0.105. The van der Waals surface area contributed by atoms with E-state index >= 15 is 0 Å². The highest BCUT2D eigenvalue weighted by atomic mass is 16.3. The molecular weight excluding hydrogens is 362 g/mol. The van der Waals surface area contributed by atoms with Gasteiger partial charge in [0, 0.05) is 23.6 Å². The lowest BCUT2D eigenvalue weighted by Crippen LogP contribution is -2.11. The standard InChI is InChI=1S/C24H21N3O2/c1-2-18(28)11-15-6-5-8-17(10-15)23-22-19(13-25-24(22)27-14-26-23)21-12-16-7-3-4-9-20(16)29-21/h2-4,7-9,12-15H,1,5-6,10-11H2,(H,25,26,27). The summed E-state index contributed by atoms with van der Waals surface area (Å²) in [6, 6.07) is 10.0. The van der Waals surface area contributed by atoms with Crippen LogP contribution in [-0.2, 0) is 4.79 Å². The van der Waals surface area contributed by atoms with E-state index in [1.165, 1.54) is 11.6 Å². The fourth-order valence-electron chi connectivity index (χ4n) is 4.24. The maximum Gasteiger partial charge on any atom is 0.155 e. The number of benzene rings is 1. The predicted octanol–water partition coefficient (Wildman–Crippen LogP) is 5.70. The number of ketones is 1. The van der Waals surface area contributed by atoms with Gasteiger partial charge >= 0.3 is 0 Å². The second-order valence-electron chi connectivity index (χ2n) is 7.55. The first-order chi connectivity index (χ1) is 14.2. The molecule has 1 N–H and O–H groups in total. The van der Waals surface area contributed by atoms with Crippen LogP contribution in [0.5, 0.6) is 0 Å². The summed E-state index contributed by atoms with van der Waals surface area (Å²) >= 11 is 0. The normalized spacial score (nSPS) is 16.8. The van der Waals surface area contributed by atoms with E-state index in [0.717, 1.165) is 58.3 Å². The van der Waals surface area contributed by atoms with E-state index in [1.807, 2.05) is 30.5 Å². The van der Waals surface area contributed by atoms with Gasteiger partial charge in [-0.15, -0.1) is 0 Å². The van der Waals surface area contributed by atoms with Crippen molar-refractivity contribution in [2.45, 2.75) is 25.7 Å². The fraction of sp³-hybridized carbons (Fsp3) is 0.208. The van der Waals surface area contributed by atoms with Crippen molar-refractivity contribution in [2.75, 3.05) is 0 Å². The van der Waals surface area contributed by atoms with Gasteiger partial charge in [0.15, 0.2) is 5.78 Å². The van der Waals surface area contributed by atoms with Crippen molar-refractivity contribution in [3.8, 4) is 11.3 Å². The first kappa shape index (κ1) is 17.6. The molecule has 0 fully saturated rings. The Balaban J connectivity index is 1.58. The molecule has 0 saturated carbocycles. The van der Waals surface area contributed by atoms with Crippen LogP contribution in [0.3, 0.4) is 0 Å². The largest absolute Gasteiger partial charge is 0.456 e. The molecule has 0 radical (unpaired) electrons. The van der Waals surface area contributed by atoms with Gasteiger partial charge in [-0.1, -0.05) is 30.9 Å². The molecule has 3 heterocycles. The number of fused-ring (bicyclic) bond motifs is 2. The number of nitrogens with one attached hydrogen (secondary N) is 1. The summed E-state index contributed by atoms with van der Waals surface area (Å²) in [5.41, 5.74) is 4.69. The van der Waals surface area contributed by atoms with Gasteiger partial charge in [-0.25, -0.2) is 9.97 Å². The molecule has 3 aromatic heterocycles. The van der Waals surface area contributed by atoms with Crippen molar-refractivity contribution in [1.82, 2.24) is 15.0 Å². The summed E-state index contributed by atoms with van der Waals surface area (Å²) < 4.78 is 6.10. The molecule has 0 saturated heterocycles. The molecule has 1 aliphatic rings. The van der Waals surface area contributed by atoms with Crippen LogP contribution in [0.15, 0.2) is 66.0 Å². The van der Waals surface area contributed by atoms with Gasteiger partial charge in [0.25, 0.3) is 0 Å². The lowest BCUT2D eigenvalue weighted by atomic mass is 9.83. The molecule has 144 valence electrons. The Hall–Kier alpha value is -3.47. The van der Waals surface area contributed by atoms with Crippen molar-refractivity contribution in [2.24, 2.45) is 5.92 Å². The Kier molecular flexibility index (Phi) is 4.35.